The van der Waals surface area contributed by atoms with Crippen molar-refractivity contribution < 1.29 is 0 Å². The Morgan fingerprint density at radius 3 is 2.40 bits per heavy atom. The minimum atomic E-state index is 0.121. The molecule has 3 heteroatoms. The Kier molecular flexibility index (Phi) is 5.29. The van der Waals surface area contributed by atoms with Gasteiger partial charge < -0.3 is 11.1 Å². The molecular formula is C12H19BrN2. The fraction of sp³-hybridized carbons (Fsp3) is 0.500. The van der Waals surface area contributed by atoms with Crippen LogP contribution in [0.15, 0.2) is 28.7 Å². The molecule has 0 radical (unpaired) electrons. The molecule has 0 aliphatic rings. The van der Waals surface area contributed by atoms with Crippen LogP contribution in [0.4, 0.5) is 0 Å². The predicted octanol–water partition coefficient (Wildman–Crippen LogP) is 2.69. The van der Waals surface area contributed by atoms with Gasteiger partial charge in [-0.05, 0) is 37.2 Å². The van der Waals surface area contributed by atoms with Gasteiger partial charge in [-0.15, -0.1) is 0 Å². The summed E-state index contributed by atoms with van der Waals surface area (Å²) in [4.78, 5) is 0. The molecule has 1 rings (SSSR count). The lowest BCUT2D eigenvalue weighted by molar-refractivity contribution is 0.403. The highest BCUT2D eigenvalue weighted by Gasteiger charge is 2.16. The Balaban J connectivity index is 2.73. The molecule has 84 valence electrons. The molecule has 2 atom stereocenters. The number of halogens is 1. The molecule has 0 fully saturated rings. The van der Waals surface area contributed by atoms with Crippen molar-refractivity contribution in [3.63, 3.8) is 0 Å². The molecule has 0 spiro atoms. The number of benzene rings is 1. The van der Waals surface area contributed by atoms with Gasteiger partial charge in [0.25, 0.3) is 0 Å². The Morgan fingerprint density at radius 1 is 1.33 bits per heavy atom. The lowest BCUT2D eigenvalue weighted by Crippen LogP contribution is -2.29. The van der Waals surface area contributed by atoms with Gasteiger partial charge in [0.05, 0.1) is 0 Å². The molecule has 2 unspecified atom stereocenters. The highest BCUT2D eigenvalue weighted by Crippen LogP contribution is 2.23. The van der Waals surface area contributed by atoms with E-state index in [1.807, 2.05) is 19.2 Å². The monoisotopic (exact) mass is 270 g/mol. The Labute approximate surface area is 100 Å². The minimum Gasteiger partial charge on any atom is -0.324 e. The average Bonchev–Trinajstić information content (AvgIpc) is 2.26. The average molecular weight is 271 g/mol. The van der Waals surface area contributed by atoms with Crippen molar-refractivity contribution in [2.24, 2.45) is 11.7 Å². The van der Waals surface area contributed by atoms with Crippen LogP contribution in [0.25, 0.3) is 0 Å². The van der Waals surface area contributed by atoms with Crippen LogP contribution in [0.1, 0.15) is 24.9 Å². The van der Waals surface area contributed by atoms with Gasteiger partial charge in [0.2, 0.25) is 0 Å². The van der Waals surface area contributed by atoms with E-state index in [0.29, 0.717) is 5.92 Å². The Morgan fingerprint density at radius 2 is 1.93 bits per heavy atom. The van der Waals surface area contributed by atoms with Crippen LogP contribution in [0, 0.1) is 5.92 Å². The van der Waals surface area contributed by atoms with Gasteiger partial charge in [0.15, 0.2) is 0 Å². The number of hydrogen-bond acceptors (Lipinski definition) is 2. The summed E-state index contributed by atoms with van der Waals surface area (Å²) in [5, 5.41) is 3.19. The molecule has 3 N–H and O–H groups in total. The smallest absolute Gasteiger partial charge is 0.0335 e. The highest BCUT2D eigenvalue weighted by molar-refractivity contribution is 9.10. The van der Waals surface area contributed by atoms with Crippen LogP contribution in [0.2, 0.25) is 0 Å². The first-order chi connectivity index (χ1) is 7.19. The first-order valence-electron chi connectivity index (χ1n) is 5.34. The lowest BCUT2D eigenvalue weighted by atomic mass is 9.91. The molecule has 0 aliphatic heterocycles. The molecule has 0 saturated heterocycles. The maximum atomic E-state index is 6.23. The van der Waals surface area contributed by atoms with Crippen LogP contribution >= 0.6 is 15.9 Å². The van der Waals surface area contributed by atoms with E-state index < -0.39 is 0 Å². The minimum absolute atomic E-state index is 0.121. The van der Waals surface area contributed by atoms with Crippen LogP contribution in [0.5, 0.6) is 0 Å². The van der Waals surface area contributed by atoms with Crippen LogP contribution in [-0.2, 0) is 0 Å². The molecule has 15 heavy (non-hydrogen) atoms. The van der Waals surface area contributed by atoms with Crippen molar-refractivity contribution in [1.82, 2.24) is 5.32 Å². The standard InChI is InChI=1S/C12H19BrN2/c1-3-9(8-15-2)12(14)10-4-6-11(13)7-5-10/h4-7,9,12,15H,3,8,14H2,1-2H3. The van der Waals surface area contributed by atoms with E-state index in [4.69, 9.17) is 5.73 Å². The van der Waals surface area contributed by atoms with Gasteiger partial charge in [-0.1, -0.05) is 41.4 Å². The fourth-order valence-corrected chi connectivity index (χ4v) is 2.01. The van der Waals surface area contributed by atoms with Crippen LogP contribution in [-0.4, -0.2) is 13.6 Å². The molecule has 1 aromatic carbocycles. The molecule has 0 bridgehead atoms. The van der Waals surface area contributed by atoms with E-state index in [1.54, 1.807) is 0 Å². The zero-order chi connectivity index (χ0) is 11.3. The maximum absolute atomic E-state index is 6.23. The zero-order valence-electron chi connectivity index (χ0n) is 9.33. The van der Waals surface area contributed by atoms with Crippen molar-refractivity contribution in [2.45, 2.75) is 19.4 Å². The predicted molar refractivity (Wildman–Crippen MR) is 68.8 cm³/mol. The van der Waals surface area contributed by atoms with Crippen molar-refractivity contribution in [1.29, 1.82) is 0 Å². The quantitative estimate of drug-likeness (QED) is 0.864. The second-order valence-corrected chi connectivity index (χ2v) is 4.72. The molecule has 1 aromatic rings. The number of nitrogens with two attached hydrogens (primary N) is 1. The van der Waals surface area contributed by atoms with E-state index in [2.05, 4.69) is 40.3 Å². The summed E-state index contributed by atoms with van der Waals surface area (Å²) in [6.07, 6.45) is 1.10. The molecule has 0 heterocycles. The lowest BCUT2D eigenvalue weighted by Gasteiger charge is -2.22. The third-order valence-corrected chi connectivity index (χ3v) is 3.28. The zero-order valence-corrected chi connectivity index (χ0v) is 10.9. The summed E-state index contributed by atoms with van der Waals surface area (Å²) in [6.45, 7) is 3.15. The molecule has 2 nitrogen and oxygen atoms in total. The van der Waals surface area contributed by atoms with E-state index in [9.17, 15) is 0 Å². The van der Waals surface area contributed by atoms with Gasteiger partial charge in [-0.3, -0.25) is 0 Å². The maximum Gasteiger partial charge on any atom is 0.0335 e. The number of nitrogens with one attached hydrogen (secondary N) is 1. The van der Waals surface area contributed by atoms with Crippen LogP contribution in [0.3, 0.4) is 0 Å². The first-order valence-corrected chi connectivity index (χ1v) is 6.14. The summed E-state index contributed by atoms with van der Waals surface area (Å²) in [5.41, 5.74) is 7.44. The Bertz CT molecular complexity index is 284. The SMILES string of the molecule is CCC(CNC)C(N)c1ccc(Br)cc1. The third kappa shape index (κ3) is 3.59. The summed E-state index contributed by atoms with van der Waals surface area (Å²) < 4.78 is 1.10. The van der Waals surface area contributed by atoms with Crippen molar-refractivity contribution in [3.8, 4) is 0 Å². The summed E-state index contributed by atoms with van der Waals surface area (Å²) in [7, 11) is 1.97. The van der Waals surface area contributed by atoms with E-state index in [1.165, 1.54) is 5.56 Å². The number of hydrogen-bond donors (Lipinski definition) is 2. The fourth-order valence-electron chi connectivity index (χ4n) is 1.74. The second-order valence-electron chi connectivity index (χ2n) is 3.80. The third-order valence-electron chi connectivity index (χ3n) is 2.75. The van der Waals surface area contributed by atoms with Gasteiger partial charge in [0, 0.05) is 10.5 Å². The van der Waals surface area contributed by atoms with E-state index in [0.717, 1.165) is 17.4 Å². The molecule has 0 amide bonds. The molecule has 0 saturated carbocycles. The summed E-state index contributed by atoms with van der Waals surface area (Å²) >= 11 is 3.43. The van der Waals surface area contributed by atoms with Crippen molar-refractivity contribution in [2.75, 3.05) is 13.6 Å². The van der Waals surface area contributed by atoms with Gasteiger partial charge in [-0.2, -0.15) is 0 Å². The van der Waals surface area contributed by atoms with Gasteiger partial charge >= 0.3 is 0 Å². The van der Waals surface area contributed by atoms with Gasteiger partial charge in [-0.25, -0.2) is 0 Å². The van der Waals surface area contributed by atoms with Crippen molar-refractivity contribution >= 4 is 15.9 Å². The van der Waals surface area contributed by atoms with Crippen molar-refractivity contribution in [3.05, 3.63) is 34.3 Å². The highest BCUT2D eigenvalue weighted by atomic mass is 79.9. The number of rotatable bonds is 5. The topological polar surface area (TPSA) is 38.0 Å². The molecule has 0 aromatic heterocycles. The summed E-state index contributed by atoms with van der Waals surface area (Å²) in [5.74, 6) is 0.496. The van der Waals surface area contributed by atoms with Gasteiger partial charge in [0.1, 0.15) is 0 Å². The summed E-state index contributed by atoms with van der Waals surface area (Å²) in [6, 6.07) is 8.39. The van der Waals surface area contributed by atoms with E-state index in [-0.39, 0.29) is 6.04 Å². The molecular weight excluding hydrogens is 252 g/mol. The molecule has 0 aliphatic carbocycles. The largest absolute Gasteiger partial charge is 0.324 e. The van der Waals surface area contributed by atoms with Crippen LogP contribution < -0.4 is 11.1 Å². The first kappa shape index (κ1) is 12.7. The Hall–Kier alpha value is -0.380. The second kappa shape index (κ2) is 6.26. The van der Waals surface area contributed by atoms with E-state index >= 15 is 0 Å². The normalized spacial score (nSPS) is 14.9.